The number of sulfone groups is 1. The van der Waals surface area contributed by atoms with E-state index in [4.69, 9.17) is 0 Å². The van der Waals surface area contributed by atoms with Crippen molar-refractivity contribution in [1.29, 1.82) is 0 Å². The minimum Gasteiger partial charge on any atom is -0.314 e. The molecule has 1 saturated carbocycles. The first kappa shape index (κ1) is 10.4. The standard InChI is InChI=1S/C10H19NO2S/c1-2-11-9-3-5-10(6-4-9)7-14(12,13)8-10/h9,11H,2-8H2,1H3. The summed E-state index contributed by atoms with van der Waals surface area (Å²) in [7, 11) is -2.64. The minimum absolute atomic E-state index is 0.185. The van der Waals surface area contributed by atoms with Crippen molar-refractivity contribution < 1.29 is 8.42 Å². The first-order valence-corrected chi connectivity index (χ1v) is 7.31. The molecule has 0 radical (unpaired) electrons. The van der Waals surface area contributed by atoms with E-state index in [0.717, 1.165) is 32.2 Å². The van der Waals surface area contributed by atoms with Crippen molar-refractivity contribution in [2.75, 3.05) is 18.1 Å². The largest absolute Gasteiger partial charge is 0.314 e. The van der Waals surface area contributed by atoms with Gasteiger partial charge in [0, 0.05) is 6.04 Å². The first-order chi connectivity index (χ1) is 6.55. The average Bonchev–Trinajstić information content (AvgIpc) is 2.06. The Morgan fingerprint density at radius 3 is 2.29 bits per heavy atom. The highest BCUT2D eigenvalue weighted by atomic mass is 32.2. The van der Waals surface area contributed by atoms with Crippen molar-refractivity contribution in [3.8, 4) is 0 Å². The Kier molecular flexibility index (Phi) is 2.60. The van der Waals surface area contributed by atoms with E-state index in [1.54, 1.807) is 0 Å². The van der Waals surface area contributed by atoms with E-state index in [9.17, 15) is 8.42 Å². The van der Waals surface area contributed by atoms with Crippen molar-refractivity contribution in [2.45, 2.75) is 38.6 Å². The Morgan fingerprint density at radius 1 is 1.29 bits per heavy atom. The van der Waals surface area contributed by atoms with Gasteiger partial charge in [-0.3, -0.25) is 0 Å². The third kappa shape index (κ3) is 1.96. The second-order valence-corrected chi connectivity index (χ2v) is 6.93. The van der Waals surface area contributed by atoms with Gasteiger partial charge in [0.15, 0.2) is 9.84 Å². The third-order valence-electron chi connectivity index (χ3n) is 3.59. The molecule has 0 aromatic rings. The van der Waals surface area contributed by atoms with Crippen LogP contribution in [0.2, 0.25) is 0 Å². The molecule has 2 fully saturated rings. The molecular weight excluding hydrogens is 198 g/mol. The number of hydrogen-bond acceptors (Lipinski definition) is 3. The van der Waals surface area contributed by atoms with Crippen LogP contribution < -0.4 is 5.32 Å². The molecule has 0 unspecified atom stereocenters. The summed E-state index contributed by atoms with van der Waals surface area (Å²) in [4.78, 5) is 0. The number of nitrogens with one attached hydrogen (secondary N) is 1. The van der Waals surface area contributed by atoms with Crippen LogP contribution in [0, 0.1) is 5.41 Å². The highest BCUT2D eigenvalue weighted by molar-refractivity contribution is 7.92. The van der Waals surface area contributed by atoms with E-state index < -0.39 is 9.84 Å². The molecule has 2 aliphatic rings. The van der Waals surface area contributed by atoms with E-state index in [2.05, 4.69) is 12.2 Å². The fourth-order valence-electron chi connectivity index (χ4n) is 2.90. The summed E-state index contributed by atoms with van der Waals surface area (Å²) in [6, 6.07) is 0.633. The zero-order valence-electron chi connectivity index (χ0n) is 8.75. The molecule has 1 aliphatic heterocycles. The van der Waals surface area contributed by atoms with Crippen LogP contribution in [-0.2, 0) is 9.84 Å². The van der Waals surface area contributed by atoms with Crippen molar-refractivity contribution in [2.24, 2.45) is 5.41 Å². The molecule has 14 heavy (non-hydrogen) atoms. The van der Waals surface area contributed by atoms with E-state index in [-0.39, 0.29) is 5.41 Å². The second kappa shape index (κ2) is 3.49. The highest BCUT2D eigenvalue weighted by Crippen LogP contribution is 2.45. The molecule has 0 bridgehead atoms. The van der Waals surface area contributed by atoms with Gasteiger partial charge in [-0.25, -0.2) is 8.42 Å². The van der Waals surface area contributed by atoms with Crippen LogP contribution in [0.3, 0.4) is 0 Å². The Bertz CT molecular complexity index is 288. The molecule has 1 N–H and O–H groups in total. The lowest BCUT2D eigenvalue weighted by Gasteiger charge is -2.46. The van der Waals surface area contributed by atoms with Gasteiger partial charge >= 0.3 is 0 Å². The van der Waals surface area contributed by atoms with Gasteiger partial charge < -0.3 is 5.32 Å². The predicted molar refractivity (Wildman–Crippen MR) is 57.0 cm³/mol. The maximum Gasteiger partial charge on any atom is 0.151 e. The van der Waals surface area contributed by atoms with Gasteiger partial charge in [-0.2, -0.15) is 0 Å². The second-order valence-electron chi connectivity index (χ2n) is 4.86. The maximum absolute atomic E-state index is 11.2. The molecule has 0 atom stereocenters. The molecule has 1 aliphatic carbocycles. The van der Waals surface area contributed by atoms with Crippen molar-refractivity contribution in [3.05, 3.63) is 0 Å². The van der Waals surface area contributed by atoms with Crippen molar-refractivity contribution in [3.63, 3.8) is 0 Å². The Morgan fingerprint density at radius 2 is 1.86 bits per heavy atom. The van der Waals surface area contributed by atoms with Gasteiger partial charge in [0.05, 0.1) is 11.5 Å². The van der Waals surface area contributed by atoms with Gasteiger partial charge in [-0.05, 0) is 37.6 Å². The lowest BCUT2D eigenvalue weighted by atomic mass is 9.74. The summed E-state index contributed by atoms with van der Waals surface area (Å²) >= 11 is 0. The average molecular weight is 217 g/mol. The monoisotopic (exact) mass is 217 g/mol. The lowest BCUT2D eigenvalue weighted by molar-refractivity contribution is 0.195. The Hall–Kier alpha value is -0.0900. The zero-order valence-corrected chi connectivity index (χ0v) is 9.57. The maximum atomic E-state index is 11.2. The lowest BCUT2D eigenvalue weighted by Crippen LogP contribution is -2.52. The van der Waals surface area contributed by atoms with E-state index in [1.807, 2.05) is 0 Å². The normalized spacial score (nSPS) is 30.1. The molecule has 2 rings (SSSR count). The molecule has 0 aromatic carbocycles. The summed E-state index contributed by atoms with van der Waals surface area (Å²) in [5.41, 5.74) is 0.185. The van der Waals surface area contributed by atoms with Gasteiger partial charge in [0.1, 0.15) is 0 Å². The van der Waals surface area contributed by atoms with Crippen LogP contribution in [0.1, 0.15) is 32.6 Å². The van der Waals surface area contributed by atoms with Gasteiger partial charge in [-0.15, -0.1) is 0 Å². The summed E-state index contributed by atoms with van der Waals surface area (Å²) in [5.74, 6) is 0.914. The quantitative estimate of drug-likeness (QED) is 0.749. The minimum atomic E-state index is -2.64. The molecule has 1 heterocycles. The third-order valence-corrected chi connectivity index (χ3v) is 5.70. The van der Waals surface area contributed by atoms with E-state index in [0.29, 0.717) is 17.5 Å². The fraction of sp³-hybridized carbons (Fsp3) is 1.00. The molecule has 0 amide bonds. The summed E-state index contributed by atoms with van der Waals surface area (Å²) in [5, 5.41) is 3.44. The van der Waals surface area contributed by atoms with Crippen LogP contribution in [0.4, 0.5) is 0 Å². The topological polar surface area (TPSA) is 46.2 Å². The van der Waals surface area contributed by atoms with Crippen LogP contribution in [0.5, 0.6) is 0 Å². The highest BCUT2D eigenvalue weighted by Gasteiger charge is 2.49. The van der Waals surface area contributed by atoms with Crippen LogP contribution in [-0.4, -0.2) is 32.5 Å². The van der Waals surface area contributed by atoms with Gasteiger partial charge in [0.25, 0.3) is 0 Å². The SMILES string of the molecule is CCNC1CCC2(CC1)CS(=O)(=O)C2. The van der Waals surface area contributed by atoms with Crippen LogP contribution >= 0.6 is 0 Å². The van der Waals surface area contributed by atoms with Crippen LogP contribution in [0.25, 0.3) is 0 Å². The molecule has 1 saturated heterocycles. The smallest absolute Gasteiger partial charge is 0.151 e. The van der Waals surface area contributed by atoms with Crippen LogP contribution in [0.15, 0.2) is 0 Å². The molecular formula is C10H19NO2S. The number of hydrogen-bond donors (Lipinski definition) is 1. The Labute approximate surface area is 86.2 Å². The molecule has 82 valence electrons. The number of rotatable bonds is 2. The predicted octanol–water partition coefficient (Wildman–Crippen LogP) is 0.953. The summed E-state index contributed by atoms with van der Waals surface area (Å²) in [6.07, 6.45) is 4.51. The van der Waals surface area contributed by atoms with Gasteiger partial charge in [0.2, 0.25) is 0 Å². The first-order valence-electron chi connectivity index (χ1n) is 5.49. The fourth-order valence-corrected chi connectivity index (χ4v) is 5.26. The molecule has 1 spiro atoms. The molecule has 4 heteroatoms. The van der Waals surface area contributed by atoms with E-state index in [1.165, 1.54) is 0 Å². The van der Waals surface area contributed by atoms with Gasteiger partial charge in [-0.1, -0.05) is 6.92 Å². The van der Waals surface area contributed by atoms with Crippen molar-refractivity contribution in [1.82, 2.24) is 5.32 Å². The molecule has 3 nitrogen and oxygen atoms in total. The zero-order chi connectivity index (χ0) is 10.2. The summed E-state index contributed by atoms with van der Waals surface area (Å²) in [6.45, 7) is 3.15. The van der Waals surface area contributed by atoms with Crippen molar-refractivity contribution >= 4 is 9.84 Å². The van der Waals surface area contributed by atoms with E-state index >= 15 is 0 Å². The summed E-state index contributed by atoms with van der Waals surface area (Å²) < 4.78 is 22.3. The Balaban J connectivity index is 1.85. The molecule has 0 aromatic heterocycles.